The first-order valence-corrected chi connectivity index (χ1v) is 9.60. The number of esters is 4. The van der Waals surface area contributed by atoms with Gasteiger partial charge in [0.15, 0.2) is 12.2 Å². The van der Waals surface area contributed by atoms with Crippen LogP contribution in [0.1, 0.15) is 41.0 Å². The number of amides is 1. The van der Waals surface area contributed by atoms with E-state index in [1.54, 1.807) is 0 Å². The summed E-state index contributed by atoms with van der Waals surface area (Å²) >= 11 is 0. The molecule has 2 rings (SSSR count). The lowest BCUT2D eigenvalue weighted by Crippen LogP contribution is -2.67. The van der Waals surface area contributed by atoms with Crippen molar-refractivity contribution < 1.29 is 47.7 Å². The Hall–Kier alpha value is -2.69. The topological polar surface area (TPSA) is 144 Å². The monoisotopic (exact) mass is 429 g/mol. The average Bonchev–Trinajstić information content (AvgIpc) is 3.34. The predicted octanol–water partition coefficient (Wildman–Crippen LogP) is -0.158. The molecule has 168 valence electrons. The molecule has 0 spiro atoms. The van der Waals surface area contributed by atoms with Crippen LogP contribution in [-0.4, -0.2) is 67.0 Å². The van der Waals surface area contributed by atoms with Gasteiger partial charge in [0.2, 0.25) is 12.2 Å². The Bertz CT molecular complexity index is 707. The average molecular weight is 429 g/mol. The van der Waals surface area contributed by atoms with Gasteiger partial charge in [-0.25, -0.2) is 0 Å². The van der Waals surface area contributed by atoms with Crippen LogP contribution in [0.3, 0.4) is 0 Å². The van der Waals surface area contributed by atoms with Gasteiger partial charge in [0.1, 0.15) is 18.8 Å². The van der Waals surface area contributed by atoms with Crippen molar-refractivity contribution in [1.29, 1.82) is 0 Å². The second-order valence-electron chi connectivity index (χ2n) is 7.46. The molecular weight excluding hydrogens is 402 g/mol. The summed E-state index contributed by atoms with van der Waals surface area (Å²) in [5.41, 5.74) is 0. The standard InChI is InChI=1S/C19H27NO10/c1-8-6-13(8)18(25)20-15-17(28-11(4)23)16(27-10(3)22)14(7-26-9(2)21)30-19(15)29-12(5)24/h8,13-17,19H,6-7H2,1-5H3,(H,20,25)/t8?,13?,14?,15?,16-,17?,19?/m1/s1. The summed E-state index contributed by atoms with van der Waals surface area (Å²) in [6.07, 6.45) is -4.25. The van der Waals surface area contributed by atoms with Crippen molar-refractivity contribution in [3.05, 3.63) is 0 Å². The largest absolute Gasteiger partial charge is 0.463 e. The van der Waals surface area contributed by atoms with E-state index in [1.807, 2.05) is 6.92 Å². The molecule has 0 aromatic heterocycles. The summed E-state index contributed by atoms with van der Waals surface area (Å²) in [6.45, 7) is 6.16. The van der Waals surface area contributed by atoms with Gasteiger partial charge in [0.25, 0.3) is 0 Å². The van der Waals surface area contributed by atoms with Crippen molar-refractivity contribution >= 4 is 29.8 Å². The van der Waals surface area contributed by atoms with E-state index in [-0.39, 0.29) is 24.3 Å². The van der Waals surface area contributed by atoms with Gasteiger partial charge in [-0.2, -0.15) is 0 Å². The Morgan fingerprint density at radius 1 is 0.867 bits per heavy atom. The maximum atomic E-state index is 12.5. The Labute approximate surface area is 173 Å². The highest BCUT2D eigenvalue weighted by Crippen LogP contribution is 2.38. The molecule has 1 heterocycles. The van der Waals surface area contributed by atoms with Crippen molar-refractivity contribution in [2.45, 2.75) is 71.7 Å². The van der Waals surface area contributed by atoms with Crippen LogP contribution in [-0.2, 0) is 47.7 Å². The number of carbonyl (C=O) groups is 5. The maximum Gasteiger partial charge on any atom is 0.305 e. The van der Waals surface area contributed by atoms with E-state index in [2.05, 4.69) is 5.32 Å². The van der Waals surface area contributed by atoms with Crippen molar-refractivity contribution in [3.8, 4) is 0 Å². The normalized spacial score (nSPS) is 32.4. The highest BCUT2D eigenvalue weighted by Gasteiger charge is 2.53. The van der Waals surface area contributed by atoms with Crippen LogP contribution in [0.5, 0.6) is 0 Å². The third-order valence-electron chi connectivity index (χ3n) is 4.74. The second kappa shape index (κ2) is 9.88. The van der Waals surface area contributed by atoms with Gasteiger partial charge in [-0.1, -0.05) is 6.92 Å². The van der Waals surface area contributed by atoms with Crippen LogP contribution in [0.25, 0.3) is 0 Å². The Balaban J connectivity index is 2.37. The van der Waals surface area contributed by atoms with E-state index in [0.717, 1.165) is 20.8 Å². The highest BCUT2D eigenvalue weighted by atomic mass is 16.7. The lowest BCUT2D eigenvalue weighted by Gasteiger charge is -2.44. The number of carbonyl (C=O) groups excluding carboxylic acids is 5. The summed E-state index contributed by atoms with van der Waals surface area (Å²) in [6, 6.07) is -1.14. The number of rotatable bonds is 7. The maximum absolute atomic E-state index is 12.5. The molecule has 0 aromatic carbocycles. The van der Waals surface area contributed by atoms with E-state index in [9.17, 15) is 24.0 Å². The van der Waals surface area contributed by atoms with Crippen LogP contribution >= 0.6 is 0 Å². The third-order valence-corrected chi connectivity index (χ3v) is 4.74. The molecule has 1 N–H and O–H groups in total. The number of hydrogen-bond acceptors (Lipinski definition) is 10. The van der Waals surface area contributed by atoms with Gasteiger partial charge in [-0.05, 0) is 12.3 Å². The molecule has 0 aromatic rings. The minimum Gasteiger partial charge on any atom is -0.463 e. The summed E-state index contributed by atoms with van der Waals surface area (Å²) in [5.74, 6) is -3.12. The molecule has 2 aliphatic rings. The van der Waals surface area contributed by atoms with Crippen LogP contribution in [0.2, 0.25) is 0 Å². The molecule has 11 nitrogen and oxygen atoms in total. The molecule has 0 bridgehead atoms. The lowest BCUT2D eigenvalue weighted by atomic mass is 9.95. The first-order chi connectivity index (χ1) is 14.0. The Kier molecular flexibility index (Phi) is 7.77. The van der Waals surface area contributed by atoms with Crippen molar-refractivity contribution in [1.82, 2.24) is 5.32 Å². The highest BCUT2D eigenvalue weighted by molar-refractivity contribution is 5.82. The fraction of sp³-hybridized carbons (Fsp3) is 0.737. The van der Waals surface area contributed by atoms with Crippen LogP contribution in [0.15, 0.2) is 0 Å². The zero-order valence-corrected chi connectivity index (χ0v) is 17.5. The minimum atomic E-state index is -1.36. The van der Waals surface area contributed by atoms with E-state index in [1.165, 1.54) is 6.92 Å². The number of ether oxygens (including phenoxy) is 5. The van der Waals surface area contributed by atoms with Crippen molar-refractivity contribution in [3.63, 3.8) is 0 Å². The zero-order valence-electron chi connectivity index (χ0n) is 17.5. The second-order valence-corrected chi connectivity index (χ2v) is 7.46. The van der Waals surface area contributed by atoms with Gasteiger partial charge in [-0.3, -0.25) is 24.0 Å². The summed E-state index contributed by atoms with van der Waals surface area (Å²) in [4.78, 5) is 58.8. The van der Waals surface area contributed by atoms with Crippen LogP contribution in [0.4, 0.5) is 0 Å². The zero-order chi connectivity index (χ0) is 22.6. The van der Waals surface area contributed by atoms with E-state index >= 15 is 0 Å². The fourth-order valence-corrected chi connectivity index (χ4v) is 3.28. The smallest absolute Gasteiger partial charge is 0.305 e. The SMILES string of the molecule is CC(=O)OCC1OC(OC(C)=O)C(NC(=O)C2CC2C)C(OC(C)=O)[C@@H]1OC(C)=O. The predicted molar refractivity (Wildman–Crippen MR) is 97.4 cm³/mol. The molecule has 1 aliphatic heterocycles. The first-order valence-electron chi connectivity index (χ1n) is 9.60. The third kappa shape index (κ3) is 6.41. The van der Waals surface area contributed by atoms with Crippen molar-refractivity contribution in [2.75, 3.05) is 6.61 Å². The van der Waals surface area contributed by atoms with E-state index < -0.39 is 54.5 Å². The molecule has 1 saturated heterocycles. The summed E-state index contributed by atoms with van der Waals surface area (Å²) in [7, 11) is 0. The molecule has 1 amide bonds. The first kappa shape index (κ1) is 23.6. The molecule has 6 unspecified atom stereocenters. The number of nitrogens with one attached hydrogen (secondary N) is 1. The van der Waals surface area contributed by atoms with Crippen LogP contribution in [0, 0.1) is 11.8 Å². The Morgan fingerprint density at radius 3 is 1.87 bits per heavy atom. The van der Waals surface area contributed by atoms with Crippen LogP contribution < -0.4 is 5.32 Å². The van der Waals surface area contributed by atoms with Gasteiger partial charge >= 0.3 is 23.9 Å². The molecule has 7 atom stereocenters. The molecule has 30 heavy (non-hydrogen) atoms. The van der Waals surface area contributed by atoms with Gasteiger partial charge < -0.3 is 29.0 Å². The fourth-order valence-electron chi connectivity index (χ4n) is 3.28. The quantitative estimate of drug-likeness (QED) is 0.428. The Morgan fingerprint density at radius 2 is 1.40 bits per heavy atom. The van der Waals surface area contributed by atoms with Gasteiger partial charge in [0.05, 0.1) is 0 Å². The van der Waals surface area contributed by atoms with E-state index in [0.29, 0.717) is 6.42 Å². The van der Waals surface area contributed by atoms with Gasteiger partial charge in [0, 0.05) is 33.6 Å². The van der Waals surface area contributed by atoms with Gasteiger partial charge in [-0.15, -0.1) is 0 Å². The summed E-state index contributed by atoms with van der Waals surface area (Å²) in [5, 5.41) is 2.69. The number of hydrogen-bond donors (Lipinski definition) is 1. The molecular formula is C19H27NO10. The molecule has 1 aliphatic carbocycles. The van der Waals surface area contributed by atoms with Crippen molar-refractivity contribution in [2.24, 2.45) is 11.8 Å². The molecule has 2 fully saturated rings. The van der Waals surface area contributed by atoms with E-state index in [4.69, 9.17) is 23.7 Å². The molecule has 11 heteroatoms. The molecule has 1 saturated carbocycles. The molecule has 0 radical (unpaired) electrons. The minimum absolute atomic E-state index is 0.190. The summed E-state index contributed by atoms with van der Waals surface area (Å²) < 4.78 is 26.5. The lowest BCUT2D eigenvalue weighted by molar-refractivity contribution is -0.271.